The van der Waals surface area contributed by atoms with Crippen molar-refractivity contribution in [2.24, 2.45) is 0 Å². The number of pyridine rings is 2. The van der Waals surface area contributed by atoms with E-state index in [1.165, 1.54) is 10.6 Å². The lowest BCUT2D eigenvalue weighted by Crippen LogP contribution is -2.51. The minimum atomic E-state index is -1.83. The van der Waals surface area contributed by atoms with Gasteiger partial charge in [0.2, 0.25) is 5.60 Å². The van der Waals surface area contributed by atoms with Gasteiger partial charge in [0.15, 0.2) is 5.82 Å². The first-order valence-corrected chi connectivity index (χ1v) is 21.4. The predicted octanol–water partition coefficient (Wildman–Crippen LogP) is 6.46. The zero-order valence-corrected chi connectivity index (χ0v) is 35.4. The first kappa shape index (κ1) is 40.2. The molecule has 1 fully saturated rings. The second-order valence-electron chi connectivity index (χ2n) is 17.2. The van der Waals surface area contributed by atoms with Gasteiger partial charge in [0.05, 0.1) is 40.3 Å². The van der Waals surface area contributed by atoms with E-state index < -0.39 is 17.7 Å². The Kier molecular flexibility index (Phi) is 9.47. The van der Waals surface area contributed by atoms with Crippen LogP contribution in [0.5, 0.6) is 23.3 Å². The number of carbonyl (C=O) groups excluding carboxylic acids is 2. The van der Waals surface area contributed by atoms with Crippen molar-refractivity contribution in [3.05, 3.63) is 104 Å². The Balaban J connectivity index is 0.861. The number of carbonyl (C=O) groups is 2. The molecule has 1 amide bonds. The van der Waals surface area contributed by atoms with Crippen molar-refractivity contribution in [2.75, 3.05) is 13.1 Å². The van der Waals surface area contributed by atoms with Gasteiger partial charge < -0.3 is 39.4 Å². The Hall–Kier alpha value is -6.94. The van der Waals surface area contributed by atoms with Crippen LogP contribution in [0.2, 0.25) is 0 Å². The van der Waals surface area contributed by atoms with Crippen molar-refractivity contribution in [3.63, 3.8) is 0 Å². The number of aromatic hydroxyl groups is 4. The summed E-state index contributed by atoms with van der Waals surface area (Å²) in [7, 11) is 0. The summed E-state index contributed by atoms with van der Waals surface area (Å²) >= 11 is 0. The zero-order chi connectivity index (χ0) is 44.1. The van der Waals surface area contributed by atoms with E-state index in [1.807, 2.05) is 39.0 Å². The molecule has 0 bridgehead atoms. The van der Waals surface area contributed by atoms with Gasteiger partial charge >= 0.3 is 18.1 Å². The number of aryl methyl sites for hydroxylation is 1. The molecule has 63 heavy (non-hydrogen) atoms. The van der Waals surface area contributed by atoms with Gasteiger partial charge in [0.1, 0.15) is 23.9 Å². The van der Waals surface area contributed by atoms with E-state index in [0.29, 0.717) is 84.7 Å². The van der Waals surface area contributed by atoms with Gasteiger partial charge in [-0.15, -0.1) is 5.10 Å². The predicted molar refractivity (Wildman–Crippen MR) is 230 cm³/mol. The second kappa shape index (κ2) is 14.9. The molecule has 0 aliphatic carbocycles. The number of cyclic esters (lactones) is 1. The Bertz CT molecular complexity index is 2970. The number of hydrogen-bond donors (Lipinski definition) is 4. The van der Waals surface area contributed by atoms with Crippen LogP contribution in [-0.4, -0.2) is 85.7 Å². The fraction of sp³-hybridized carbons (Fsp3) is 0.362. The average molecular weight is 854 g/mol. The molecule has 0 saturated carbocycles. The smallest absolute Gasteiger partial charge is 0.411 e. The molecule has 1 saturated heterocycles. The lowest BCUT2D eigenvalue weighted by molar-refractivity contribution is -0.173. The highest BCUT2D eigenvalue weighted by molar-refractivity contribution is 5.90. The van der Waals surface area contributed by atoms with E-state index in [0.717, 1.165) is 27.6 Å². The molecule has 324 valence electrons. The van der Waals surface area contributed by atoms with Crippen molar-refractivity contribution in [3.8, 4) is 51.7 Å². The molecule has 16 nitrogen and oxygen atoms in total. The van der Waals surface area contributed by atoms with Crippen LogP contribution in [0.15, 0.2) is 59.4 Å². The van der Waals surface area contributed by atoms with E-state index in [-0.39, 0.29) is 71.7 Å². The molecule has 0 unspecified atom stereocenters. The summed E-state index contributed by atoms with van der Waals surface area (Å²) in [4.78, 5) is 51.0. The van der Waals surface area contributed by atoms with Gasteiger partial charge in [0, 0.05) is 54.8 Å². The van der Waals surface area contributed by atoms with Crippen LogP contribution in [0, 0.1) is 0 Å². The molecule has 16 heteroatoms. The van der Waals surface area contributed by atoms with Gasteiger partial charge in [-0.05, 0) is 96.3 Å². The highest BCUT2D eigenvalue weighted by atomic mass is 16.6. The summed E-state index contributed by atoms with van der Waals surface area (Å²) < 4.78 is 14.9. The van der Waals surface area contributed by atoms with Crippen LogP contribution >= 0.6 is 0 Å². The number of nitrogens with zero attached hydrogens (tertiary/aromatic N) is 7. The SMILES string of the molecule is CCc1c2c(nc3ccc(O)cc13)-c1cc3c(c(=O)n1C2)COC(=O)[C@@]3(CC)OC(=O)N1CCC(N2Cc3ccc(-n4c(O)nnc4-c4cc(C(C)C)c(O)cc4O)cc3C2)CC1. The van der Waals surface area contributed by atoms with E-state index in [9.17, 15) is 34.8 Å². The van der Waals surface area contributed by atoms with Crippen molar-refractivity contribution < 1.29 is 39.5 Å². The molecule has 7 heterocycles. The standard InChI is InChI=1S/C47H47N7O9/c1-5-30-32-16-29(55)9-10-37(32)48-41-34(30)22-53-38(41)18-36-35(43(53)58)23-62-44(59)47(36,6-2)63-46(61)51-13-11-27(12-14-51)52-20-25-7-8-28(15-26(25)21-52)54-42(49-50-45(54)60)33-17-31(24(3)4)39(56)19-40(33)57/h7-10,15-19,24,27,55-57H,5-6,11-14,20-23H2,1-4H3,(H,50,60)/t47-/m0/s1. The number of likely N-dealkylation sites (tertiary alicyclic amines) is 1. The molecule has 6 aromatic rings. The van der Waals surface area contributed by atoms with Crippen LogP contribution in [0.4, 0.5) is 4.79 Å². The van der Waals surface area contributed by atoms with Gasteiger partial charge in [-0.2, -0.15) is 0 Å². The monoisotopic (exact) mass is 853 g/mol. The van der Waals surface area contributed by atoms with E-state index in [4.69, 9.17) is 14.5 Å². The number of phenolic OH excluding ortho intramolecular Hbond substituents is 3. The van der Waals surface area contributed by atoms with Crippen molar-refractivity contribution in [2.45, 2.75) is 97.2 Å². The normalized spacial score (nSPS) is 18.4. The number of amides is 1. The molecular weight excluding hydrogens is 807 g/mol. The van der Waals surface area contributed by atoms with Crippen LogP contribution in [0.3, 0.4) is 0 Å². The minimum Gasteiger partial charge on any atom is -0.508 e. The number of aromatic nitrogens is 5. The largest absolute Gasteiger partial charge is 0.508 e. The molecule has 1 atom stereocenters. The molecule has 4 aliphatic heterocycles. The maximum atomic E-state index is 14.2. The second-order valence-corrected chi connectivity index (χ2v) is 17.2. The summed E-state index contributed by atoms with van der Waals surface area (Å²) in [5, 5.41) is 51.2. The third kappa shape index (κ3) is 6.28. The van der Waals surface area contributed by atoms with Gasteiger partial charge in [-0.1, -0.05) is 38.9 Å². The Labute approximate surface area is 361 Å². The van der Waals surface area contributed by atoms with Gasteiger partial charge in [-0.3, -0.25) is 9.69 Å². The number of phenols is 3. The number of ether oxygens (including phenoxy) is 2. The molecule has 4 N–H and O–H groups in total. The van der Waals surface area contributed by atoms with Crippen molar-refractivity contribution >= 4 is 23.0 Å². The minimum absolute atomic E-state index is 0.0269. The highest BCUT2D eigenvalue weighted by Gasteiger charge is 2.51. The fourth-order valence-corrected chi connectivity index (χ4v) is 10.1. The third-order valence-corrected chi connectivity index (χ3v) is 13.5. The number of esters is 1. The van der Waals surface area contributed by atoms with E-state index in [2.05, 4.69) is 15.1 Å². The highest BCUT2D eigenvalue weighted by Crippen LogP contribution is 2.44. The van der Waals surface area contributed by atoms with E-state index >= 15 is 0 Å². The summed E-state index contributed by atoms with van der Waals surface area (Å²) in [5.41, 5.74) is 5.88. The van der Waals surface area contributed by atoms with Crippen molar-refractivity contribution in [1.29, 1.82) is 0 Å². The summed E-state index contributed by atoms with van der Waals surface area (Å²) in [5.74, 6) is -0.602. The van der Waals surface area contributed by atoms with Crippen LogP contribution in [0.25, 0.3) is 39.4 Å². The number of fused-ring (bicyclic) bond motifs is 6. The zero-order valence-electron chi connectivity index (χ0n) is 35.4. The van der Waals surface area contributed by atoms with Crippen LogP contribution < -0.4 is 5.56 Å². The fourth-order valence-electron chi connectivity index (χ4n) is 10.1. The number of benzene rings is 3. The third-order valence-electron chi connectivity index (χ3n) is 13.5. The first-order valence-electron chi connectivity index (χ1n) is 21.4. The quantitative estimate of drug-likeness (QED) is 0.127. The van der Waals surface area contributed by atoms with Crippen LogP contribution in [-0.2, 0) is 52.5 Å². The van der Waals surface area contributed by atoms with Gasteiger partial charge in [0.25, 0.3) is 5.56 Å². The van der Waals surface area contributed by atoms with E-state index in [1.54, 1.807) is 46.7 Å². The Morgan fingerprint density at radius 3 is 2.43 bits per heavy atom. The maximum Gasteiger partial charge on any atom is 0.411 e. The lowest BCUT2D eigenvalue weighted by Gasteiger charge is -2.40. The summed E-state index contributed by atoms with van der Waals surface area (Å²) in [6.07, 6.45) is 1.37. The van der Waals surface area contributed by atoms with Crippen LogP contribution in [0.1, 0.15) is 91.8 Å². The topological polar surface area (TPSA) is 206 Å². The Morgan fingerprint density at radius 1 is 0.905 bits per heavy atom. The number of rotatable bonds is 7. The summed E-state index contributed by atoms with van der Waals surface area (Å²) in [6.45, 7) is 9.78. The van der Waals surface area contributed by atoms with Crippen molar-refractivity contribution in [1.82, 2.24) is 34.1 Å². The Morgan fingerprint density at radius 2 is 1.68 bits per heavy atom. The average Bonchev–Trinajstić information content (AvgIpc) is 3.98. The molecule has 4 aliphatic rings. The number of hydrogen-bond acceptors (Lipinski definition) is 13. The molecular formula is C47H47N7O9. The first-order chi connectivity index (χ1) is 30.3. The number of piperidine rings is 1. The van der Waals surface area contributed by atoms with Gasteiger partial charge in [-0.25, -0.2) is 19.1 Å². The molecule has 0 spiro atoms. The maximum absolute atomic E-state index is 14.2. The molecule has 10 rings (SSSR count). The summed E-state index contributed by atoms with van der Waals surface area (Å²) in [6, 6.07) is 15.4. The molecule has 3 aromatic heterocycles. The molecule has 3 aromatic carbocycles. The lowest BCUT2D eigenvalue weighted by atomic mass is 9.85. The molecule has 0 radical (unpaired) electrons.